The first kappa shape index (κ1) is 20.8. The van der Waals surface area contributed by atoms with Gasteiger partial charge in [0, 0.05) is 18.7 Å². The van der Waals surface area contributed by atoms with Crippen molar-refractivity contribution in [3.05, 3.63) is 12.2 Å². The van der Waals surface area contributed by atoms with Crippen LogP contribution < -0.4 is 0 Å². The normalized spacial score (nSPS) is 14.8. The van der Waals surface area contributed by atoms with Crippen LogP contribution in [0.3, 0.4) is 0 Å². The third-order valence-electron chi connectivity index (χ3n) is 2.89. The number of rotatable bonds is 8. The van der Waals surface area contributed by atoms with Crippen molar-refractivity contribution in [3.8, 4) is 0 Å². The molecule has 0 unspecified atom stereocenters. The topological polar surface area (TPSA) is 124 Å². The summed E-state index contributed by atoms with van der Waals surface area (Å²) in [5, 5.41) is 0. The van der Waals surface area contributed by atoms with Crippen LogP contribution in [0.1, 0.15) is 27.2 Å². The lowest BCUT2D eigenvalue weighted by molar-refractivity contribution is -0.161. The van der Waals surface area contributed by atoms with Gasteiger partial charge in [-0.25, -0.2) is 8.42 Å². The van der Waals surface area contributed by atoms with Gasteiger partial charge in [0.25, 0.3) is 11.8 Å². The summed E-state index contributed by atoms with van der Waals surface area (Å²) in [7, 11) is -3.64. The highest BCUT2D eigenvalue weighted by atomic mass is 32.2. The SMILES string of the molecule is CC(C)(C)OC(=O)CC(=O)OCCS(=O)(=O)CCN1C(=O)C=CC1=O. The Morgan fingerprint density at radius 1 is 1.04 bits per heavy atom. The van der Waals surface area contributed by atoms with Crippen molar-refractivity contribution in [1.29, 1.82) is 0 Å². The van der Waals surface area contributed by atoms with Crippen LogP contribution in [0.15, 0.2) is 12.2 Å². The standard InChI is InChI=1S/C15H21NO8S/c1-15(2,3)24-14(20)10-13(19)23-7-9-25(21,22)8-6-16-11(17)4-5-12(16)18/h4-5H,6-10H2,1-3H3. The number of carbonyl (C=O) groups excluding carboxylic acids is 4. The third kappa shape index (κ3) is 7.92. The summed E-state index contributed by atoms with van der Waals surface area (Å²) >= 11 is 0. The van der Waals surface area contributed by atoms with Gasteiger partial charge in [0.1, 0.15) is 18.6 Å². The minimum Gasteiger partial charge on any atom is -0.464 e. The number of carbonyl (C=O) groups is 4. The van der Waals surface area contributed by atoms with Gasteiger partial charge in [0.15, 0.2) is 9.84 Å². The molecule has 1 rings (SSSR count). The van der Waals surface area contributed by atoms with Gasteiger partial charge in [-0.1, -0.05) is 0 Å². The van der Waals surface area contributed by atoms with Gasteiger partial charge in [-0.05, 0) is 20.8 Å². The summed E-state index contributed by atoms with van der Waals surface area (Å²) in [6.07, 6.45) is 1.51. The van der Waals surface area contributed by atoms with Crippen molar-refractivity contribution < 1.29 is 37.1 Å². The Morgan fingerprint density at radius 2 is 1.60 bits per heavy atom. The Bertz CT molecular complexity index is 669. The maximum absolute atomic E-state index is 11.8. The van der Waals surface area contributed by atoms with Crippen LogP contribution >= 0.6 is 0 Å². The van der Waals surface area contributed by atoms with Gasteiger partial charge in [-0.15, -0.1) is 0 Å². The van der Waals surface area contributed by atoms with Crippen LogP contribution in [0.4, 0.5) is 0 Å². The summed E-state index contributed by atoms with van der Waals surface area (Å²) in [4.78, 5) is 46.3. The molecule has 0 aromatic rings. The molecule has 1 aliphatic rings. The Balaban J connectivity index is 2.32. The van der Waals surface area contributed by atoms with E-state index in [2.05, 4.69) is 0 Å². The largest absolute Gasteiger partial charge is 0.464 e. The van der Waals surface area contributed by atoms with Crippen molar-refractivity contribution in [3.63, 3.8) is 0 Å². The van der Waals surface area contributed by atoms with Gasteiger partial charge in [-0.2, -0.15) is 0 Å². The predicted octanol–water partition coefficient (Wildman–Crippen LogP) is -0.399. The van der Waals surface area contributed by atoms with Crippen LogP contribution in [0.25, 0.3) is 0 Å². The molecule has 1 aliphatic heterocycles. The number of esters is 2. The molecule has 0 aromatic heterocycles. The van der Waals surface area contributed by atoms with E-state index in [1.54, 1.807) is 20.8 Å². The van der Waals surface area contributed by atoms with Crippen molar-refractivity contribution in [1.82, 2.24) is 4.90 Å². The van der Waals surface area contributed by atoms with Crippen LogP contribution in [0.2, 0.25) is 0 Å². The van der Waals surface area contributed by atoms with E-state index >= 15 is 0 Å². The highest BCUT2D eigenvalue weighted by Gasteiger charge is 2.25. The molecule has 0 radical (unpaired) electrons. The fourth-order valence-corrected chi connectivity index (χ4v) is 2.82. The van der Waals surface area contributed by atoms with Crippen molar-refractivity contribution in [2.75, 3.05) is 24.7 Å². The summed E-state index contributed by atoms with van der Waals surface area (Å²) in [6.45, 7) is 4.25. The predicted molar refractivity (Wildman–Crippen MR) is 85.9 cm³/mol. The first-order valence-electron chi connectivity index (χ1n) is 7.51. The lowest BCUT2D eigenvalue weighted by Gasteiger charge is -2.19. The lowest BCUT2D eigenvalue weighted by Crippen LogP contribution is -2.35. The highest BCUT2D eigenvalue weighted by molar-refractivity contribution is 7.91. The second-order valence-corrected chi connectivity index (χ2v) is 8.60. The van der Waals surface area contributed by atoms with Crippen molar-refractivity contribution >= 4 is 33.6 Å². The van der Waals surface area contributed by atoms with E-state index in [0.29, 0.717) is 0 Å². The van der Waals surface area contributed by atoms with Gasteiger partial charge >= 0.3 is 11.9 Å². The molecule has 25 heavy (non-hydrogen) atoms. The number of ether oxygens (including phenoxy) is 2. The summed E-state index contributed by atoms with van der Waals surface area (Å²) in [6, 6.07) is 0. The van der Waals surface area contributed by atoms with Crippen molar-refractivity contribution in [2.45, 2.75) is 32.8 Å². The van der Waals surface area contributed by atoms with Crippen LogP contribution in [0, 0.1) is 0 Å². The van der Waals surface area contributed by atoms with Crippen LogP contribution in [0.5, 0.6) is 0 Å². The minimum absolute atomic E-state index is 0.265. The van der Waals surface area contributed by atoms with E-state index < -0.39 is 63.7 Å². The molecule has 0 aliphatic carbocycles. The van der Waals surface area contributed by atoms with Crippen LogP contribution in [-0.4, -0.2) is 67.3 Å². The second kappa shape index (κ2) is 8.24. The zero-order valence-electron chi connectivity index (χ0n) is 14.3. The average Bonchev–Trinajstić information content (AvgIpc) is 2.73. The van der Waals surface area contributed by atoms with E-state index in [0.717, 1.165) is 17.1 Å². The molecule has 10 heteroatoms. The molecular weight excluding hydrogens is 354 g/mol. The number of nitrogens with zero attached hydrogens (tertiary/aromatic N) is 1. The van der Waals surface area contributed by atoms with Crippen molar-refractivity contribution in [2.24, 2.45) is 0 Å². The highest BCUT2D eigenvalue weighted by Crippen LogP contribution is 2.08. The smallest absolute Gasteiger partial charge is 0.317 e. The maximum Gasteiger partial charge on any atom is 0.317 e. The van der Waals surface area contributed by atoms with E-state index in [1.807, 2.05) is 0 Å². The molecule has 0 aromatic carbocycles. The first-order valence-corrected chi connectivity index (χ1v) is 9.33. The third-order valence-corrected chi connectivity index (χ3v) is 4.49. The summed E-state index contributed by atoms with van der Waals surface area (Å²) < 4.78 is 33.3. The van der Waals surface area contributed by atoms with Crippen LogP contribution in [-0.2, 0) is 38.5 Å². The van der Waals surface area contributed by atoms with E-state index in [1.165, 1.54) is 0 Å². The fraction of sp³-hybridized carbons (Fsp3) is 0.600. The zero-order valence-corrected chi connectivity index (χ0v) is 15.1. The molecule has 9 nitrogen and oxygen atoms in total. The molecule has 0 atom stereocenters. The van der Waals surface area contributed by atoms with E-state index in [-0.39, 0.29) is 6.54 Å². The molecule has 0 saturated heterocycles. The Morgan fingerprint density at radius 3 is 2.12 bits per heavy atom. The Kier molecular flexibility index (Phi) is 6.86. The second-order valence-electron chi connectivity index (χ2n) is 6.30. The fourth-order valence-electron chi connectivity index (χ4n) is 1.81. The average molecular weight is 375 g/mol. The number of amides is 2. The zero-order chi connectivity index (χ0) is 19.3. The number of hydrogen-bond acceptors (Lipinski definition) is 8. The monoisotopic (exact) mass is 375 g/mol. The summed E-state index contributed by atoms with van der Waals surface area (Å²) in [5.74, 6) is -3.70. The first-order chi connectivity index (χ1) is 11.4. The molecule has 1 heterocycles. The van der Waals surface area contributed by atoms with Gasteiger partial charge in [0.05, 0.1) is 11.5 Å². The molecule has 0 spiro atoms. The molecule has 2 amide bonds. The van der Waals surface area contributed by atoms with E-state index in [4.69, 9.17) is 9.47 Å². The molecular formula is C15H21NO8S. The maximum atomic E-state index is 11.8. The molecule has 140 valence electrons. The molecule has 0 fully saturated rings. The minimum atomic E-state index is -3.64. The number of imide groups is 1. The molecule has 0 saturated carbocycles. The lowest BCUT2D eigenvalue weighted by atomic mass is 10.2. The van der Waals surface area contributed by atoms with E-state index in [9.17, 15) is 27.6 Å². The number of hydrogen-bond donors (Lipinski definition) is 0. The Hall–Kier alpha value is -2.23. The van der Waals surface area contributed by atoms with Gasteiger partial charge in [0.2, 0.25) is 0 Å². The quantitative estimate of drug-likeness (QED) is 0.319. The van der Waals surface area contributed by atoms with Gasteiger partial charge < -0.3 is 9.47 Å². The van der Waals surface area contributed by atoms with Gasteiger partial charge in [-0.3, -0.25) is 24.1 Å². The number of sulfone groups is 1. The Labute approximate surface area is 145 Å². The molecule has 0 N–H and O–H groups in total. The summed E-state index contributed by atoms with van der Waals surface area (Å²) in [5.41, 5.74) is -0.736. The molecule has 0 bridgehead atoms.